The van der Waals surface area contributed by atoms with E-state index < -0.39 is 10.0 Å². The molecule has 0 spiro atoms. The highest BCUT2D eigenvalue weighted by Gasteiger charge is 2.27. The Kier molecular flexibility index (Phi) is 4.34. The molecule has 22 heavy (non-hydrogen) atoms. The molecule has 1 fully saturated rings. The summed E-state index contributed by atoms with van der Waals surface area (Å²) in [6, 6.07) is 11.4. The summed E-state index contributed by atoms with van der Waals surface area (Å²) in [5, 5.41) is 1.77. The van der Waals surface area contributed by atoms with E-state index in [9.17, 15) is 8.42 Å². The van der Waals surface area contributed by atoms with Gasteiger partial charge in [-0.1, -0.05) is 24.3 Å². The predicted molar refractivity (Wildman–Crippen MR) is 94.4 cm³/mol. The molecule has 0 amide bonds. The molecule has 2 aromatic carbocycles. The van der Waals surface area contributed by atoms with Gasteiger partial charge in [-0.05, 0) is 12.1 Å². The van der Waals surface area contributed by atoms with Crippen molar-refractivity contribution >= 4 is 38.2 Å². The van der Waals surface area contributed by atoms with Crippen LogP contribution in [-0.4, -0.2) is 51.4 Å². The lowest BCUT2D eigenvalue weighted by Crippen LogP contribution is -2.37. The van der Waals surface area contributed by atoms with Gasteiger partial charge in [-0.15, -0.1) is 0 Å². The van der Waals surface area contributed by atoms with Gasteiger partial charge >= 0.3 is 0 Å². The van der Waals surface area contributed by atoms with Gasteiger partial charge in [0.25, 0.3) is 0 Å². The summed E-state index contributed by atoms with van der Waals surface area (Å²) in [5.41, 5.74) is 1.03. The molecule has 0 N–H and O–H groups in total. The molecule has 118 valence electrons. The van der Waals surface area contributed by atoms with Gasteiger partial charge in [0.15, 0.2) is 0 Å². The van der Waals surface area contributed by atoms with Crippen molar-refractivity contribution in [3.63, 3.8) is 0 Å². The Balaban J connectivity index is 2.17. The topological polar surface area (TPSA) is 40.6 Å². The summed E-state index contributed by atoms with van der Waals surface area (Å²) < 4.78 is 27.6. The van der Waals surface area contributed by atoms with Crippen molar-refractivity contribution < 1.29 is 8.42 Å². The van der Waals surface area contributed by atoms with Crippen LogP contribution in [-0.2, 0) is 10.0 Å². The molecule has 0 saturated carbocycles. The van der Waals surface area contributed by atoms with E-state index in [1.807, 2.05) is 61.1 Å². The fourth-order valence-electron chi connectivity index (χ4n) is 2.81. The summed E-state index contributed by atoms with van der Waals surface area (Å²) in [4.78, 5) is 2.43. The molecule has 1 aliphatic heterocycles. The van der Waals surface area contributed by atoms with Gasteiger partial charge in [-0.25, -0.2) is 8.42 Å². The average Bonchev–Trinajstić information content (AvgIpc) is 2.54. The van der Waals surface area contributed by atoms with Gasteiger partial charge < -0.3 is 4.90 Å². The van der Waals surface area contributed by atoms with Crippen LogP contribution in [0.2, 0.25) is 0 Å². The zero-order valence-electron chi connectivity index (χ0n) is 12.8. The van der Waals surface area contributed by atoms with Crippen LogP contribution in [0.5, 0.6) is 0 Å². The van der Waals surface area contributed by atoms with Gasteiger partial charge in [-0.3, -0.25) is 0 Å². The monoisotopic (exact) mass is 336 g/mol. The molecule has 1 aliphatic rings. The van der Waals surface area contributed by atoms with E-state index in [0.717, 1.165) is 28.0 Å². The summed E-state index contributed by atoms with van der Waals surface area (Å²) in [7, 11) is 0.510. The first-order chi connectivity index (χ1) is 10.5. The van der Waals surface area contributed by atoms with Crippen molar-refractivity contribution in [1.29, 1.82) is 0 Å². The highest BCUT2D eigenvalue weighted by Crippen LogP contribution is 2.32. The van der Waals surface area contributed by atoms with Gasteiger partial charge in [0.05, 0.1) is 4.90 Å². The van der Waals surface area contributed by atoms with Crippen molar-refractivity contribution in [2.45, 2.75) is 4.90 Å². The largest absolute Gasteiger partial charge is 0.377 e. The molecule has 1 heterocycles. The molecule has 3 rings (SSSR count). The van der Waals surface area contributed by atoms with Crippen LogP contribution in [0, 0.1) is 0 Å². The molecule has 0 unspecified atom stereocenters. The standard InChI is InChI=1S/C16H20N2O2S2/c1-17(2)15-7-3-6-14-13(15)5-4-8-16(14)22(19,20)18-9-11-21-12-10-18/h3-8H,9-12H2,1-2H3. The second-order valence-electron chi connectivity index (χ2n) is 5.54. The SMILES string of the molecule is CN(C)c1cccc2c(S(=O)(=O)N3CCSCC3)cccc12. The minimum Gasteiger partial charge on any atom is -0.377 e. The van der Waals surface area contributed by atoms with Crippen LogP contribution in [0.4, 0.5) is 5.69 Å². The maximum atomic E-state index is 13.0. The van der Waals surface area contributed by atoms with E-state index in [2.05, 4.69) is 0 Å². The van der Waals surface area contributed by atoms with E-state index in [0.29, 0.717) is 18.0 Å². The highest BCUT2D eigenvalue weighted by molar-refractivity contribution is 7.99. The fraction of sp³-hybridized carbons (Fsp3) is 0.375. The summed E-state index contributed by atoms with van der Waals surface area (Å²) in [6.45, 7) is 1.19. The van der Waals surface area contributed by atoms with E-state index >= 15 is 0 Å². The molecule has 0 radical (unpaired) electrons. The number of benzene rings is 2. The molecule has 0 bridgehead atoms. The third-order valence-corrected chi connectivity index (χ3v) is 6.83. The highest BCUT2D eigenvalue weighted by atomic mass is 32.2. The van der Waals surface area contributed by atoms with E-state index in [4.69, 9.17) is 0 Å². The molecular weight excluding hydrogens is 316 g/mol. The first kappa shape index (κ1) is 15.6. The molecule has 4 nitrogen and oxygen atoms in total. The molecule has 2 aromatic rings. The number of anilines is 1. The average molecular weight is 336 g/mol. The van der Waals surface area contributed by atoms with Crippen molar-refractivity contribution in [3.05, 3.63) is 36.4 Å². The normalized spacial score (nSPS) is 16.8. The smallest absolute Gasteiger partial charge is 0.243 e. The Morgan fingerprint density at radius 1 is 1.00 bits per heavy atom. The Morgan fingerprint density at radius 2 is 1.64 bits per heavy atom. The van der Waals surface area contributed by atoms with Crippen LogP contribution >= 0.6 is 11.8 Å². The second kappa shape index (κ2) is 6.10. The number of fused-ring (bicyclic) bond motifs is 1. The van der Waals surface area contributed by atoms with Crippen molar-refractivity contribution in [2.24, 2.45) is 0 Å². The predicted octanol–water partition coefficient (Wildman–Crippen LogP) is 2.64. The Bertz CT molecular complexity index is 782. The van der Waals surface area contributed by atoms with Gasteiger partial charge in [0.2, 0.25) is 10.0 Å². The molecule has 0 atom stereocenters. The molecule has 0 aliphatic carbocycles. The maximum Gasteiger partial charge on any atom is 0.243 e. The van der Waals surface area contributed by atoms with E-state index in [1.165, 1.54) is 0 Å². The maximum absolute atomic E-state index is 13.0. The van der Waals surface area contributed by atoms with Crippen molar-refractivity contribution in [1.82, 2.24) is 4.31 Å². The van der Waals surface area contributed by atoms with Crippen LogP contribution in [0.1, 0.15) is 0 Å². The molecule has 0 aromatic heterocycles. The zero-order chi connectivity index (χ0) is 15.7. The minimum atomic E-state index is -3.43. The third-order valence-electron chi connectivity index (χ3n) is 3.93. The molecule has 6 heteroatoms. The Hall–Kier alpha value is -1.24. The third kappa shape index (κ3) is 2.71. The lowest BCUT2D eigenvalue weighted by atomic mass is 10.1. The number of rotatable bonds is 3. The lowest BCUT2D eigenvalue weighted by Gasteiger charge is -2.26. The summed E-state index contributed by atoms with van der Waals surface area (Å²) in [6.07, 6.45) is 0. The Labute approximate surface area is 136 Å². The molecular formula is C16H20N2O2S2. The van der Waals surface area contributed by atoms with Gasteiger partial charge in [0, 0.05) is 55.2 Å². The van der Waals surface area contributed by atoms with Gasteiger partial charge in [0.1, 0.15) is 0 Å². The number of hydrogen-bond donors (Lipinski definition) is 0. The zero-order valence-corrected chi connectivity index (χ0v) is 14.5. The lowest BCUT2D eigenvalue weighted by molar-refractivity contribution is 0.444. The van der Waals surface area contributed by atoms with Crippen LogP contribution in [0.15, 0.2) is 41.3 Å². The molecule has 1 saturated heterocycles. The minimum absolute atomic E-state index is 0.417. The number of hydrogen-bond acceptors (Lipinski definition) is 4. The summed E-state index contributed by atoms with van der Waals surface area (Å²) >= 11 is 1.81. The van der Waals surface area contributed by atoms with Gasteiger partial charge in [-0.2, -0.15) is 16.1 Å². The second-order valence-corrected chi connectivity index (χ2v) is 8.67. The van der Waals surface area contributed by atoms with Crippen LogP contribution in [0.25, 0.3) is 10.8 Å². The van der Waals surface area contributed by atoms with Crippen molar-refractivity contribution in [2.75, 3.05) is 43.6 Å². The van der Waals surface area contributed by atoms with E-state index in [1.54, 1.807) is 10.4 Å². The first-order valence-corrected chi connectivity index (χ1v) is 9.88. The summed E-state index contributed by atoms with van der Waals surface area (Å²) in [5.74, 6) is 1.74. The van der Waals surface area contributed by atoms with Crippen molar-refractivity contribution in [3.8, 4) is 0 Å². The number of nitrogens with zero attached hydrogens (tertiary/aromatic N) is 2. The quantitative estimate of drug-likeness (QED) is 0.864. The fourth-order valence-corrected chi connectivity index (χ4v) is 5.59. The number of sulfonamides is 1. The van der Waals surface area contributed by atoms with Crippen LogP contribution in [0.3, 0.4) is 0 Å². The Morgan fingerprint density at radius 3 is 2.32 bits per heavy atom. The first-order valence-electron chi connectivity index (χ1n) is 7.29. The van der Waals surface area contributed by atoms with E-state index in [-0.39, 0.29) is 0 Å². The van der Waals surface area contributed by atoms with Crippen LogP contribution < -0.4 is 4.90 Å². The number of thioether (sulfide) groups is 1.